The van der Waals surface area contributed by atoms with Gasteiger partial charge in [0.05, 0.1) is 50.1 Å². The quantitative estimate of drug-likeness (QED) is 0.0917. The zero-order valence-corrected chi connectivity index (χ0v) is 37.3. The molecule has 338 valence electrons. The van der Waals surface area contributed by atoms with Crippen molar-refractivity contribution < 1.29 is 38.6 Å². The summed E-state index contributed by atoms with van der Waals surface area (Å²) in [4.78, 5) is 75.9. The van der Waals surface area contributed by atoms with Crippen LogP contribution in [-0.2, 0) is 41.5 Å². The normalized spacial score (nSPS) is 22.1. The fourth-order valence-electron chi connectivity index (χ4n) is 9.69. The number of cyclic esters (lactones) is 1. The van der Waals surface area contributed by atoms with Crippen LogP contribution < -0.4 is 10.7 Å². The molecule has 0 unspecified atom stereocenters. The van der Waals surface area contributed by atoms with Crippen LogP contribution in [0.1, 0.15) is 64.1 Å². The number of nitrogens with one attached hydrogen (secondary N) is 2. The Bertz CT molecular complexity index is 2460. The second kappa shape index (κ2) is 18.2. The number of ether oxygens (including phenoxy) is 2. The van der Waals surface area contributed by atoms with Crippen molar-refractivity contribution >= 4 is 34.6 Å². The number of phenolic OH excluding ortho intramolecular Hbond substituents is 1. The Balaban J connectivity index is 1.19. The molecular formula is C48H59N8O8+. The highest BCUT2D eigenvalue weighted by Gasteiger charge is 2.45. The first-order chi connectivity index (χ1) is 30.6. The van der Waals surface area contributed by atoms with Gasteiger partial charge in [0.15, 0.2) is 6.04 Å². The zero-order valence-electron chi connectivity index (χ0n) is 37.3. The molecule has 0 radical (unpaired) electrons. The molecule has 6 heterocycles. The van der Waals surface area contributed by atoms with Gasteiger partial charge in [-0.15, -0.1) is 5.01 Å². The van der Waals surface area contributed by atoms with Crippen LogP contribution in [0, 0.1) is 16.2 Å². The number of amides is 3. The van der Waals surface area contributed by atoms with Gasteiger partial charge in [-0.1, -0.05) is 46.4 Å². The molecule has 3 N–H and O–H groups in total. The number of phenols is 1. The van der Waals surface area contributed by atoms with Crippen molar-refractivity contribution in [1.29, 1.82) is 0 Å². The van der Waals surface area contributed by atoms with Gasteiger partial charge in [0.25, 0.3) is 11.9 Å². The summed E-state index contributed by atoms with van der Waals surface area (Å²) in [6.07, 6.45) is 6.76. The minimum atomic E-state index is -1.17. The summed E-state index contributed by atoms with van der Waals surface area (Å²) in [7, 11) is 1.54. The standard InChI is InChI=1S/C48H58N8O8/c1-7-42(58)53-17-14-34(25-53)56(62)52(6)43(29(2)3)45(59)50-40-20-30-18-33(21-36(57)19-30)31-12-13-41-37(22-31)38(44(32-10-8-15-49-24-32)55(41)35-26-63-27-35)23-48(4,5)28-64-47(61)39-11-9-16-54(51-39)46(40)60/h7-8,10,12-13,15,18-19,21-22,24,29,34-35,39-40,43,51H,1,9,11,14,16-17,20,23,25-28H2,2-6H3,(H-,50,57,59)/p+1/t34-,39-,40-,43-/m0/s1. The average molecular weight is 876 g/mol. The number of hydrazine groups is 2. The van der Waals surface area contributed by atoms with E-state index in [0.717, 1.165) is 43.7 Å². The Morgan fingerprint density at radius 2 is 1.88 bits per heavy atom. The Kier molecular flexibility index (Phi) is 12.6. The molecule has 16 heteroatoms. The minimum absolute atomic E-state index is 0.0117. The van der Waals surface area contributed by atoms with Gasteiger partial charge in [-0.25, -0.2) is 5.43 Å². The second-order valence-corrected chi connectivity index (χ2v) is 18.8. The van der Waals surface area contributed by atoms with E-state index in [0.29, 0.717) is 51.0 Å². The third-order valence-corrected chi connectivity index (χ3v) is 13.0. The largest absolute Gasteiger partial charge is 0.508 e. The lowest BCUT2D eigenvalue weighted by Gasteiger charge is -2.36. The number of nitrogens with zero attached hydrogens (tertiary/aromatic N) is 6. The maximum absolute atomic E-state index is 14.7. The number of likely N-dealkylation sites (N-methyl/N-ethyl adjacent to an activating group) is 1. The van der Waals surface area contributed by atoms with Gasteiger partial charge in [-0.2, -0.15) is 0 Å². The number of aromatic nitrogens is 2. The fourth-order valence-corrected chi connectivity index (χ4v) is 9.69. The van der Waals surface area contributed by atoms with Gasteiger partial charge in [0.1, 0.15) is 22.7 Å². The monoisotopic (exact) mass is 875 g/mol. The molecular weight excluding hydrogens is 817 g/mol. The van der Waals surface area contributed by atoms with Crippen LogP contribution in [0.4, 0.5) is 0 Å². The van der Waals surface area contributed by atoms with Crippen LogP contribution in [0.2, 0.25) is 0 Å². The lowest BCUT2D eigenvalue weighted by molar-refractivity contribution is -0.732. The number of likely N-dealkylation sites (tertiary alicyclic amines) is 1. The molecule has 3 saturated heterocycles. The van der Waals surface area contributed by atoms with Crippen LogP contribution in [0.3, 0.4) is 0 Å². The van der Waals surface area contributed by atoms with Crippen LogP contribution in [0.5, 0.6) is 5.75 Å². The number of esters is 1. The summed E-state index contributed by atoms with van der Waals surface area (Å²) < 4.78 is 14.1. The van der Waals surface area contributed by atoms with E-state index in [1.165, 1.54) is 16.1 Å². The van der Waals surface area contributed by atoms with E-state index >= 15 is 0 Å². The van der Waals surface area contributed by atoms with E-state index < -0.39 is 47.4 Å². The Labute approximate surface area is 373 Å². The fraction of sp³-hybridized carbons (Fsp3) is 0.479. The van der Waals surface area contributed by atoms with Crippen molar-refractivity contribution in [3.8, 4) is 28.1 Å². The number of aromatic hydroxyl groups is 1. The van der Waals surface area contributed by atoms with Crippen LogP contribution >= 0.6 is 0 Å². The summed E-state index contributed by atoms with van der Waals surface area (Å²) >= 11 is 0. The SMILES string of the molecule is C=CC(=O)N1CC[C@H]([N+](=O)N(C)[C@H](C(=O)N[C@H]2Cc3cc(O)cc(c3)-c3ccc4c(c3)c(c(-c3cccnc3)n4C3COC3)CC(C)(C)COC(=O)[C@@H]3CCCN(N3)C2=O)C(C)C)C1. The van der Waals surface area contributed by atoms with E-state index in [1.54, 1.807) is 30.3 Å². The molecule has 2 aromatic carbocycles. The molecule has 4 aliphatic rings. The zero-order chi connectivity index (χ0) is 45.4. The molecule has 8 rings (SSSR count). The molecule has 4 atom stereocenters. The summed E-state index contributed by atoms with van der Waals surface area (Å²) in [6.45, 7) is 13.5. The summed E-state index contributed by atoms with van der Waals surface area (Å²) in [6, 6.07) is 12.0. The minimum Gasteiger partial charge on any atom is -0.508 e. The van der Waals surface area contributed by atoms with Crippen molar-refractivity contribution in [1.82, 2.24) is 35.2 Å². The summed E-state index contributed by atoms with van der Waals surface area (Å²) in [5.74, 6) is -2.15. The second-order valence-electron chi connectivity index (χ2n) is 18.8. The topological polar surface area (TPSA) is 179 Å². The Hall–Kier alpha value is -6.13. The molecule has 3 fully saturated rings. The summed E-state index contributed by atoms with van der Waals surface area (Å²) in [5, 5.41) is 18.0. The van der Waals surface area contributed by atoms with Crippen LogP contribution in [0.25, 0.3) is 33.3 Å². The van der Waals surface area contributed by atoms with Gasteiger partial charge in [-0.3, -0.25) is 29.2 Å². The molecule has 0 aliphatic carbocycles. The number of fused-ring (bicyclic) bond motifs is 6. The molecule has 64 heavy (non-hydrogen) atoms. The number of rotatable bonds is 9. The first kappa shape index (κ1) is 44.5. The molecule has 2 aromatic heterocycles. The number of nitroso groups, excluding NO2 is 1. The van der Waals surface area contributed by atoms with Gasteiger partial charge >= 0.3 is 5.97 Å². The van der Waals surface area contributed by atoms with E-state index in [4.69, 9.17) is 9.47 Å². The Morgan fingerprint density at radius 3 is 2.58 bits per heavy atom. The number of hydrogen-bond donors (Lipinski definition) is 3. The lowest BCUT2D eigenvalue weighted by atomic mass is 9.84. The Morgan fingerprint density at radius 1 is 1.08 bits per heavy atom. The maximum atomic E-state index is 14.7. The molecule has 0 saturated carbocycles. The van der Waals surface area contributed by atoms with Crippen molar-refractivity contribution in [2.75, 3.05) is 46.5 Å². The predicted octanol–water partition coefficient (Wildman–Crippen LogP) is 4.73. The van der Waals surface area contributed by atoms with Gasteiger partial charge in [-0.05, 0) is 89.9 Å². The maximum Gasteiger partial charge on any atom is 0.324 e. The molecule has 6 bridgehead atoms. The van der Waals surface area contributed by atoms with Crippen molar-refractivity contribution in [2.45, 2.75) is 90.0 Å². The number of carbonyl (C=O) groups is 4. The van der Waals surface area contributed by atoms with Gasteiger partial charge in [0.2, 0.25) is 11.8 Å². The highest BCUT2D eigenvalue weighted by Crippen LogP contribution is 2.43. The third-order valence-electron chi connectivity index (χ3n) is 13.0. The van der Waals surface area contributed by atoms with Crippen molar-refractivity contribution in [3.63, 3.8) is 0 Å². The molecule has 4 aromatic rings. The van der Waals surface area contributed by atoms with E-state index in [-0.39, 0.29) is 49.7 Å². The van der Waals surface area contributed by atoms with Crippen molar-refractivity contribution in [2.24, 2.45) is 11.3 Å². The lowest BCUT2D eigenvalue weighted by Crippen LogP contribution is -2.62. The smallest absolute Gasteiger partial charge is 0.324 e. The van der Waals surface area contributed by atoms with Gasteiger partial charge < -0.3 is 29.4 Å². The van der Waals surface area contributed by atoms with Crippen LogP contribution in [0.15, 0.2) is 73.6 Å². The number of carbonyl (C=O) groups excluding carboxylic acids is 4. The van der Waals surface area contributed by atoms with E-state index in [9.17, 15) is 29.2 Å². The van der Waals surface area contributed by atoms with Gasteiger partial charge in [0, 0.05) is 60.2 Å². The predicted molar refractivity (Wildman–Crippen MR) is 239 cm³/mol. The highest BCUT2D eigenvalue weighted by molar-refractivity contribution is 5.95. The molecule has 16 nitrogen and oxygen atoms in total. The molecule has 3 amide bonds. The number of hydrogen-bond acceptors (Lipinski definition) is 10. The van der Waals surface area contributed by atoms with Crippen molar-refractivity contribution in [3.05, 3.63) is 89.6 Å². The average Bonchev–Trinajstić information content (AvgIpc) is 3.87. The first-order valence-electron chi connectivity index (χ1n) is 22.3. The van der Waals surface area contributed by atoms with E-state index in [2.05, 4.69) is 58.9 Å². The molecule has 0 spiro atoms. The van der Waals surface area contributed by atoms with E-state index in [1.807, 2.05) is 38.2 Å². The first-order valence-corrected chi connectivity index (χ1v) is 22.3. The molecule has 4 aliphatic heterocycles. The number of benzene rings is 2. The van der Waals surface area contributed by atoms with Crippen LogP contribution in [-0.4, -0.2) is 129 Å². The number of pyridine rings is 1. The highest BCUT2D eigenvalue weighted by atomic mass is 16.5. The summed E-state index contributed by atoms with van der Waals surface area (Å²) in [5.41, 5.74) is 8.80. The third kappa shape index (κ3) is 8.98.